The normalized spacial score (nSPS) is 16.4. The highest BCUT2D eigenvalue weighted by atomic mass is 32.2. The number of urea groups is 1. The molecule has 9 heteroatoms. The van der Waals surface area contributed by atoms with Crippen molar-refractivity contribution in [3.63, 3.8) is 0 Å². The fourth-order valence-corrected chi connectivity index (χ4v) is 5.87. The van der Waals surface area contributed by atoms with E-state index in [1.165, 1.54) is 4.31 Å². The summed E-state index contributed by atoms with van der Waals surface area (Å²) in [5, 5.41) is 6.66. The van der Waals surface area contributed by atoms with Crippen LogP contribution in [-0.2, 0) is 10.0 Å². The molecule has 0 aromatic heterocycles. The summed E-state index contributed by atoms with van der Waals surface area (Å²) in [7, 11) is -2.11. The van der Waals surface area contributed by atoms with Crippen molar-refractivity contribution < 1.29 is 22.7 Å². The number of carbonyl (C=O) groups excluding carboxylic acids is 1. The van der Waals surface area contributed by atoms with Crippen LogP contribution in [0, 0.1) is 0 Å². The zero-order valence-electron chi connectivity index (χ0n) is 18.6. The summed E-state index contributed by atoms with van der Waals surface area (Å²) in [4.78, 5) is 11.7. The minimum absolute atomic E-state index is 0.194. The Labute approximate surface area is 198 Å². The molecule has 0 unspecified atom stereocenters. The molecule has 34 heavy (non-hydrogen) atoms. The topological polar surface area (TPSA) is 99.0 Å². The number of hydrogen-bond acceptors (Lipinski definition) is 5. The van der Waals surface area contributed by atoms with Gasteiger partial charge in [-0.15, -0.1) is 0 Å². The van der Waals surface area contributed by atoms with Crippen molar-refractivity contribution in [2.45, 2.75) is 23.7 Å². The minimum atomic E-state index is -3.67. The van der Waals surface area contributed by atoms with Gasteiger partial charge in [-0.25, -0.2) is 13.2 Å². The first-order valence-corrected chi connectivity index (χ1v) is 12.5. The maximum Gasteiger partial charge on any atom is 0.346 e. The third-order valence-corrected chi connectivity index (χ3v) is 8.05. The molecule has 2 aliphatic heterocycles. The number of nitrogens with one attached hydrogen (secondary N) is 1. The number of amides is 2. The Balaban J connectivity index is 1.28. The molecule has 3 aromatic carbocycles. The van der Waals surface area contributed by atoms with Crippen LogP contribution in [0.4, 0.5) is 16.2 Å². The SMILES string of the molecule is COc1ccccc1Oc1cccc(S(=O)(=O)N2CCC(c3ccc4c(c3)[N]C(=O)N4)CC2)c1. The summed E-state index contributed by atoms with van der Waals surface area (Å²) in [6.07, 6.45) is 1.38. The lowest BCUT2D eigenvalue weighted by molar-refractivity contribution is 0.256. The van der Waals surface area contributed by atoms with Gasteiger partial charge in [0, 0.05) is 19.2 Å². The van der Waals surface area contributed by atoms with Crippen LogP contribution in [0.3, 0.4) is 0 Å². The van der Waals surface area contributed by atoms with E-state index in [9.17, 15) is 13.2 Å². The number of benzene rings is 3. The number of fused-ring (bicyclic) bond motifs is 1. The van der Waals surface area contributed by atoms with Crippen LogP contribution in [0.15, 0.2) is 71.6 Å². The fourth-order valence-electron chi connectivity index (χ4n) is 4.36. The number of anilines is 1. The molecule has 0 spiro atoms. The number of hydrogen-bond donors (Lipinski definition) is 1. The van der Waals surface area contributed by atoms with E-state index >= 15 is 0 Å². The van der Waals surface area contributed by atoms with Crippen LogP contribution >= 0.6 is 0 Å². The van der Waals surface area contributed by atoms with Gasteiger partial charge in [-0.2, -0.15) is 9.62 Å². The molecule has 0 saturated carbocycles. The summed E-state index contributed by atoms with van der Waals surface area (Å²) in [6, 6.07) is 19.1. The van der Waals surface area contributed by atoms with E-state index in [0.29, 0.717) is 54.6 Å². The van der Waals surface area contributed by atoms with Crippen molar-refractivity contribution in [3.8, 4) is 17.2 Å². The third-order valence-electron chi connectivity index (χ3n) is 6.15. The fraction of sp³-hybridized carbons (Fsp3) is 0.240. The number of sulfonamides is 1. The van der Waals surface area contributed by atoms with Crippen molar-refractivity contribution in [1.82, 2.24) is 9.62 Å². The van der Waals surface area contributed by atoms with Gasteiger partial charge in [-0.3, -0.25) is 0 Å². The highest BCUT2D eigenvalue weighted by Gasteiger charge is 2.31. The number of ether oxygens (including phenoxy) is 2. The molecular formula is C25H24N3O5S. The Morgan fingerprint density at radius 1 is 0.971 bits per heavy atom. The number of methoxy groups -OCH3 is 1. The monoisotopic (exact) mass is 478 g/mol. The first-order chi connectivity index (χ1) is 16.4. The second kappa shape index (κ2) is 9.00. The summed E-state index contributed by atoms with van der Waals surface area (Å²) in [6.45, 7) is 0.825. The first kappa shape index (κ1) is 22.2. The highest BCUT2D eigenvalue weighted by Crippen LogP contribution is 2.37. The molecule has 2 heterocycles. The second-order valence-corrected chi connectivity index (χ2v) is 10.2. The summed E-state index contributed by atoms with van der Waals surface area (Å²) in [5.74, 6) is 1.71. The largest absolute Gasteiger partial charge is 0.493 e. The van der Waals surface area contributed by atoms with E-state index in [1.807, 2.05) is 30.3 Å². The van der Waals surface area contributed by atoms with Gasteiger partial charge in [0.15, 0.2) is 11.5 Å². The Morgan fingerprint density at radius 2 is 1.74 bits per heavy atom. The Kier molecular flexibility index (Phi) is 5.89. The van der Waals surface area contributed by atoms with E-state index < -0.39 is 10.0 Å². The summed E-state index contributed by atoms with van der Waals surface area (Å²) in [5.41, 5.74) is 2.43. The Hall–Kier alpha value is -3.56. The molecule has 8 nitrogen and oxygen atoms in total. The van der Waals surface area contributed by atoms with Gasteiger partial charge in [0.1, 0.15) is 5.75 Å². The zero-order valence-corrected chi connectivity index (χ0v) is 19.4. The van der Waals surface area contributed by atoms with Crippen LogP contribution in [0.1, 0.15) is 24.3 Å². The molecule has 2 amide bonds. The first-order valence-electron chi connectivity index (χ1n) is 11.0. The van der Waals surface area contributed by atoms with Gasteiger partial charge in [-0.05, 0) is 60.7 Å². The summed E-state index contributed by atoms with van der Waals surface area (Å²) >= 11 is 0. The van der Waals surface area contributed by atoms with E-state index in [4.69, 9.17) is 9.47 Å². The standard InChI is InChI=1S/C25H24N3O5S/c1-32-23-7-2-3-8-24(23)33-19-5-4-6-20(16-19)34(30,31)28-13-11-17(12-14-28)18-9-10-21-22(15-18)27-25(29)26-21/h2-10,15-17H,11-14H2,1H3,(H,26,29). The maximum atomic E-state index is 13.3. The van der Waals surface area contributed by atoms with Crippen molar-refractivity contribution in [1.29, 1.82) is 0 Å². The lowest BCUT2D eigenvalue weighted by atomic mass is 9.90. The minimum Gasteiger partial charge on any atom is -0.493 e. The van der Waals surface area contributed by atoms with Crippen molar-refractivity contribution in [3.05, 3.63) is 72.3 Å². The molecule has 1 radical (unpaired) electrons. The van der Waals surface area contributed by atoms with Gasteiger partial charge >= 0.3 is 6.03 Å². The second-order valence-electron chi connectivity index (χ2n) is 8.22. The smallest absolute Gasteiger partial charge is 0.346 e. The van der Waals surface area contributed by atoms with E-state index in [1.54, 1.807) is 43.5 Å². The van der Waals surface area contributed by atoms with Gasteiger partial charge in [0.05, 0.1) is 23.4 Å². The predicted octanol–water partition coefficient (Wildman–Crippen LogP) is 4.84. The molecule has 2 aliphatic rings. The number of nitrogens with zero attached hydrogens (tertiary/aromatic N) is 2. The molecule has 1 saturated heterocycles. The maximum absolute atomic E-state index is 13.3. The molecule has 0 aliphatic carbocycles. The van der Waals surface area contributed by atoms with Crippen LogP contribution in [0.5, 0.6) is 17.2 Å². The molecular weight excluding hydrogens is 454 g/mol. The average Bonchev–Trinajstić information content (AvgIpc) is 3.24. The number of rotatable bonds is 6. The van der Waals surface area contributed by atoms with Crippen LogP contribution in [0.25, 0.3) is 0 Å². The van der Waals surface area contributed by atoms with Gasteiger partial charge in [0.25, 0.3) is 0 Å². The van der Waals surface area contributed by atoms with Crippen LogP contribution in [0.2, 0.25) is 0 Å². The lowest BCUT2D eigenvalue weighted by Gasteiger charge is -2.31. The molecule has 1 N–H and O–H groups in total. The molecule has 3 aromatic rings. The number of para-hydroxylation sites is 2. The van der Waals surface area contributed by atoms with Crippen molar-refractivity contribution in [2.75, 3.05) is 25.5 Å². The zero-order chi connectivity index (χ0) is 23.7. The lowest BCUT2D eigenvalue weighted by Crippen LogP contribution is -2.37. The predicted molar refractivity (Wildman–Crippen MR) is 127 cm³/mol. The van der Waals surface area contributed by atoms with Crippen molar-refractivity contribution in [2.24, 2.45) is 0 Å². The van der Waals surface area contributed by atoms with E-state index in [-0.39, 0.29) is 16.8 Å². The highest BCUT2D eigenvalue weighted by molar-refractivity contribution is 7.89. The number of carbonyl (C=O) groups is 1. The molecule has 5 rings (SSSR count). The van der Waals surface area contributed by atoms with E-state index in [2.05, 4.69) is 10.6 Å². The third kappa shape index (κ3) is 4.32. The quantitative estimate of drug-likeness (QED) is 0.547. The van der Waals surface area contributed by atoms with Crippen molar-refractivity contribution >= 4 is 27.4 Å². The van der Waals surface area contributed by atoms with E-state index in [0.717, 1.165) is 5.56 Å². The molecule has 175 valence electrons. The molecule has 1 fully saturated rings. The Morgan fingerprint density at radius 3 is 2.50 bits per heavy atom. The van der Waals surface area contributed by atoms with Crippen LogP contribution < -0.4 is 20.1 Å². The van der Waals surface area contributed by atoms with Crippen LogP contribution in [-0.4, -0.2) is 39.0 Å². The molecule has 0 bridgehead atoms. The summed E-state index contributed by atoms with van der Waals surface area (Å²) < 4.78 is 39.4. The van der Waals surface area contributed by atoms with Gasteiger partial charge in [0.2, 0.25) is 10.0 Å². The Bertz CT molecular complexity index is 1330. The average molecular weight is 479 g/mol. The van der Waals surface area contributed by atoms with Gasteiger partial charge in [-0.1, -0.05) is 24.3 Å². The molecule has 0 atom stereocenters. The number of piperidine rings is 1. The van der Waals surface area contributed by atoms with Gasteiger partial charge < -0.3 is 14.8 Å².